The molecule has 0 atom stereocenters. The van der Waals surface area contributed by atoms with Crippen LogP contribution in [0.1, 0.15) is 22.3 Å². The van der Waals surface area contributed by atoms with Gasteiger partial charge in [-0.2, -0.15) is 18.4 Å². The zero-order valence-corrected chi connectivity index (χ0v) is 14.4. The van der Waals surface area contributed by atoms with Crippen molar-refractivity contribution in [3.05, 3.63) is 53.7 Å². The third-order valence-electron chi connectivity index (χ3n) is 3.37. The van der Waals surface area contributed by atoms with Crippen LogP contribution in [0.4, 0.5) is 24.7 Å². The van der Waals surface area contributed by atoms with Gasteiger partial charge in [0.2, 0.25) is 0 Å². The predicted molar refractivity (Wildman–Crippen MR) is 92.5 cm³/mol. The number of carbonyl (C=O) groups is 2. The second-order valence-corrected chi connectivity index (χ2v) is 5.44. The van der Waals surface area contributed by atoms with Crippen molar-refractivity contribution in [2.45, 2.75) is 12.6 Å². The summed E-state index contributed by atoms with van der Waals surface area (Å²) in [5.41, 5.74) is -0.826. The summed E-state index contributed by atoms with van der Waals surface area (Å²) < 4.78 is 43.4. The van der Waals surface area contributed by atoms with Crippen molar-refractivity contribution in [3.63, 3.8) is 0 Å². The molecule has 0 aliphatic heterocycles. The maximum absolute atomic E-state index is 12.8. The van der Waals surface area contributed by atoms with Crippen LogP contribution in [0.5, 0.6) is 0 Å². The van der Waals surface area contributed by atoms with Gasteiger partial charge in [0.25, 0.3) is 5.91 Å². The molecular weight excluding hydrogens is 377 g/mol. The van der Waals surface area contributed by atoms with Crippen LogP contribution in [0.3, 0.4) is 0 Å². The smallest absolute Gasteiger partial charge is 0.416 e. The minimum atomic E-state index is -4.51. The number of hydrogen-bond acceptors (Lipinski definition) is 6. The van der Waals surface area contributed by atoms with E-state index in [1.165, 1.54) is 30.5 Å². The number of esters is 1. The van der Waals surface area contributed by atoms with E-state index in [0.717, 1.165) is 12.1 Å². The lowest BCUT2D eigenvalue weighted by atomic mass is 10.2. The molecule has 0 saturated heterocycles. The van der Waals surface area contributed by atoms with E-state index in [4.69, 9.17) is 10.00 Å². The predicted octanol–water partition coefficient (Wildman–Crippen LogP) is 3.03. The lowest BCUT2D eigenvalue weighted by molar-refractivity contribution is -0.137. The van der Waals surface area contributed by atoms with Crippen LogP contribution < -0.4 is 10.6 Å². The summed E-state index contributed by atoms with van der Waals surface area (Å²) in [4.78, 5) is 27.7. The number of amides is 1. The number of anilines is 2. The molecule has 2 N–H and O–H groups in total. The number of nitrogens with zero attached hydrogens (tertiary/aromatic N) is 2. The van der Waals surface area contributed by atoms with Gasteiger partial charge in [0.05, 0.1) is 18.1 Å². The van der Waals surface area contributed by atoms with E-state index in [2.05, 4.69) is 15.6 Å². The van der Waals surface area contributed by atoms with Gasteiger partial charge in [0, 0.05) is 18.4 Å². The van der Waals surface area contributed by atoms with Crippen LogP contribution in [0, 0.1) is 11.3 Å². The van der Waals surface area contributed by atoms with Gasteiger partial charge in [-0.1, -0.05) is 6.07 Å². The molecule has 0 bridgehead atoms. The Morgan fingerprint density at radius 2 is 2.00 bits per heavy atom. The number of rotatable bonds is 7. The van der Waals surface area contributed by atoms with Gasteiger partial charge in [-0.3, -0.25) is 4.79 Å². The fourth-order valence-corrected chi connectivity index (χ4v) is 2.10. The average Bonchev–Trinajstić information content (AvgIpc) is 2.66. The van der Waals surface area contributed by atoms with Crippen molar-refractivity contribution >= 4 is 23.4 Å². The monoisotopic (exact) mass is 392 g/mol. The third kappa shape index (κ3) is 5.98. The van der Waals surface area contributed by atoms with E-state index in [0.29, 0.717) is 0 Å². The number of alkyl halides is 3. The lowest BCUT2D eigenvalue weighted by Gasteiger charge is -2.12. The standard InChI is InChI=1S/C18H15F3N4O3/c19-18(20,21)12-4-1-5-13(10-12)25-16-14(6-2-8-24-16)17(27)28-11-15(26)23-9-3-7-22/h1-2,4-6,8,10H,3,9,11H2,(H,23,26)(H,24,25). The van der Waals surface area contributed by atoms with E-state index in [9.17, 15) is 22.8 Å². The maximum Gasteiger partial charge on any atom is 0.416 e. The van der Waals surface area contributed by atoms with Crippen LogP contribution in [-0.2, 0) is 15.7 Å². The summed E-state index contributed by atoms with van der Waals surface area (Å²) in [7, 11) is 0. The molecule has 10 heteroatoms. The fraction of sp³-hybridized carbons (Fsp3) is 0.222. The number of halogens is 3. The molecule has 1 aromatic heterocycles. The maximum atomic E-state index is 12.8. The molecule has 1 amide bonds. The van der Waals surface area contributed by atoms with Crippen molar-refractivity contribution in [1.29, 1.82) is 5.26 Å². The number of carbonyl (C=O) groups excluding carboxylic acids is 2. The average molecular weight is 392 g/mol. The summed E-state index contributed by atoms with van der Waals surface area (Å²) in [5.74, 6) is -1.48. The molecule has 1 heterocycles. The van der Waals surface area contributed by atoms with Gasteiger partial charge in [-0.15, -0.1) is 0 Å². The first-order valence-electron chi connectivity index (χ1n) is 8.01. The molecule has 0 aliphatic carbocycles. The highest BCUT2D eigenvalue weighted by Gasteiger charge is 2.30. The molecule has 1 aromatic carbocycles. The number of ether oxygens (including phenoxy) is 1. The van der Waals surface area contributed by atoms with Crippen molar-refractivity contribution in [2.24, 2.45) is 0 Å². The SMILES string of the molecule is N#CCCNC(=O)COC(=O)c1cccnc1Nc1cccc(C(F)(F)F)c1. The zero-order chi connectivity index (χ0) is 20.6. The van der Waals surface area contributed by atoms with Gasteiger partial charge < -0.3 is 15.4 Å². The Balaban J connectivity index is 2.08. The second kappa shape index (κ2) is 9.36. The van der Waals surface area contributed by atoms with Crippen molar-refractivity contribution in [1.82, 2.24) is 10.3 Å². The molecule has 2 rings (SSSR count). The Morgan fingerprint density at radius 1 is 1.21 bits per heavy atom. The molecule has 2 aromatic rings. The summed E-state index contributed by atoms with van der Waals surface area (Å²) in [5, 5.41) is 13.4. The first-order chi connectivity index (χ1) is 13.3. The van der Waals surface area contributed by atoms with Gasteiger partial charge in [0.1, 0.15) is 11.4 Å². The summed E-state index contributed by atoms with van der Waals surface area (Å²) >= 11 is 0. The Morgan fingerprint density at radius 3 is 2.71 bits per heavy atom. The number of benzene rings is 1. The largest absolute Gasteiger partial charge is 0.452 e. The van der Waals surface area contributed by atoms with Gasteiger partial charge in [-0.05, 0) is 30.3 Å². The minimum Gasteiger partial charge on any atom is -0.452 e. The van der Waals surface area contributed by atoms with E-state index in [-0.39, 0.29) is 30.0 Å². The van der Waals surface area contributed by atoms with E-state index in [1.807, 2.05) is 6.07 Å². The Labute approximate surface area is 158 Å². The molecule has 0 spiro atoms. The van der Waals surface area contributed by atoms with Gasteiger partial charge in [0.15, 0.2) is 6.61 Å². The Bertz CT molecular complexity index is 894. The first kappa shape index (κ1) is 20.7. The molecule has 0 unspecified atom stereocenters. The Kier molecular flexibility index (Phi) is 6.92. The van der Waals surface area contributed by atoms with E-state index >= 15 is 0 Å². The van der Waals surface area contributed by atoms with Crippen LogP contribution in [0.2, 0.25) is 0 Å². The summed E-state index contributed by atoms with van der Waals surface area (Å²) in [6.07, 6.45) is -3.04. The lowest BCUT2D eigenvalue weighted by Crippen LogP contribution is -2.29. The van der Waals surface area contributed by atoms with E-state index < -0.39 is 30.2 Å². The van der Waals surface area contributed by atoms with Crippen LogP contribution in [0.15, 0.2) is 42.6 Å². The van der Waals surface area contributed by atoms with Crippen LogP contribution in [0.25, 0.3) is 0 Å². The van der Waals surface area contributed by atoms with Crippen LogP contribution in [-0.4, -0.2) is 30.0 Å². The van der Waals surface area contributed by atoms with Crippen LogP contribution >= 0.6 is 0 Å². The molecular formula is C18H15F3N4O3. The highest BCUT2D eigenvalue weighted by atomic mass is 19.4. The first-order valence-corrected chi connectivity index (χ1v) is 8.01. The van der Waals surface area contributed by atoms with Gasteiger partial charge in [-0.25, -0.2) is 9.78 Å². The molecule has 0 saturated carbocycles. The highest BCUT2D eigenvalue weighted by molar-refractivity contribution is 5.96. The third-order valence-corrected chi connectivity index (χ3v) is 3.37. The zero-order valence-electron chi connectivity index (χ0n) is 14.4. The number of nitriles is 1. The van der Waals surface area contributed by atoms with Crippen molar-refractivity contribution in [2.75, 3.05) is 18.5 Å². The fourth-order valence-electron chi connectivity index (χ4n) is 2.10. The normalized spacial score (nSPS) is 10.6. The summed E-state index contributed by atoms with van der Waals surface area (Å²) in [6, 6.07) is 9.07. The molecule has 7 nitrogen and oxygen atoms in total. The number of pyridine rings is 1. The van der Waals surface area contributed by atoms with E-state index in [1.54, 1.807) is 0 Å². The van der Waals surface area contributed by atoms with Crippen molar-refractivity contribution < 1.29 is 27.5 Å². The minimum absolute atomic E-state index is 0.0169. The topological polar surface area (TPSA) is 104 Å². The molecule has 0 fully saturated rings. The number of nitrogens with one attached hydrogen (secondary N) is 2. The molecule has 146 valence electrons. The van der Waals surface area contributed by atoms with Crippen molar-refractivity contribution in [3.8, 4) is 6.07 Å². The van der Waals surface area contributed by atoms with Gasteiger partial charge >= 0.3 is 12.1 Å². The molecule has 0 aliphatic rings. The summed E-state index contributed by atoms with van der Waals surface area (Å²) in [6.45, 7) is -0.440. The molecule has 28 heavy (non-hydrogen) atoms. The Hall–Kier alpha value is -3.61. The second-order valence-electron chi connectivity index (χ2n) is 5.44. The highest BCUT2D eigenvalue weighted by Crippen LogP contribution is 2.31. The number of aromatic nitrogens is 1. The quantitative estimate of drug-likeness (QED) is 0.555. The molecule has 0 radical (unpaired) electrons. The number of hydrogen-bond donors (Lipinski definition) is 2.